The van der Waals surface area contributed by atoms with Gasteiger partial charge in [0.15, 0.2) is 0 Å². The van der Waals surface area contributed by atoms with Gasteiger partial charge in [-0.1, -0.05) is 397 Å². The highest BCUT2D eigenvalue weighted by Gasteiger charge is 2.18. The van der Waals surface area contributed by atoms with E-state index in [4.69, 9.17) is 4.74 Å². The highest BCUT2D eigenvalue weighted by atomic mass is 16.5. The molecule has 0 aromatic rings. The lowest BCUT2D eigenvalue weighted by molar-refractivity contribution is -0.143. The fourth-order valence-corrected chi connectivity index (χ4v) is 12.4. The average Bonchev–Trinajstić information content (AvgIpc) is 3.54. The Balaban J connectivity index is 3.37. The number of allylic oxidation sites excluding steroid dienone is 5. The predicted molar refractivity (Wildman–Crippen MR) is 379 cm³/mol. The second-order valence-electron chi connectivity index (χ2n) is 27.0. The maximum absolute atomic E-state index is 12.6. The lowest BCUT2D eigenvalue weighted by Gasteiger charge is -2.20. The molecule has 6 nitrogen and oxygen atoms in total. The van der Waals surface area contributed by atoms with Crippen LogP contribution in [0.2, 0.25) is 0 Å². The number of hydrogen-bond acceptors (Lipinski definition) is 5. The molecule has 0 rings (SSSR count). The summed E-state index contributed by atoms with van der Waals surface area (Å²) in [6.07, 6.45) is 98.3. The molecule has 0 aliphatic carbocycles. The summed E-state index contributed by atoms with van der Waals surface area (Å²) < 4.78 is 5.51. The molecule has 0 radical (unpaired) electrons. The fourth-order valence-electron chi connectivity index (χ4n) is 12.4. The molecule has 0 spiro atoms. The molecule has 3 N–H and O–H groups in total. The van der Waals surface area contributed by atoms with Gasteiger partial charge in [-0.2, -0.15) is 0 Å². The van der Waals surface area contributed by atoms with Gasteiger partial charge >= 0.3 is 5.97 Å². The van der Waals surface area contributed by atoms with Crippen LogP contribution >= 0.6 is 0 Å². The number of nitrogens with one attached hydrogen (secondary N) is 1. The van der Waals surface area contributed by atoms with E-state index in [0.29, 0.717) is 19.4 Å². The van der Waals surface area contributed by atoms with Crippen LogP contribution in [0.1, 0.15) is 438 Å². The summed E-state index contributed by atoms with van der Waals surface area (Å²) in [7, 11) is 0. The second kappa shape index (κ2) is 75.5. The van der Waals surface area contributed by atoms with Crippen molar-refractivity contribution in [1.82, 2.24) is 5.32 Å². The normalized spacial score (nSPS) is 12.7. The first kappa shape index (κ1) is 84.1. The molecule has 0 saturated heterocycles. The van der Waals surface area contributed by atoms with Crippen LogP contribution in [-0.2, 0) is 14.3 Å². The van der Waals surface area contributed by atoms with E-state index in [1.54, 1.807) is 6.08 Å². The Hall–Kier alpha value is -1.92. The van der Waals surface area contributed by atoms with E-state index in [9.17, 15) is 19.8 Å². The van der Waals surface area contributed by atoms with E-state index in [1.807, 2.05) is 6.08 Å². The van der Waals surface area contributed by atoms with Crippen molar-refractivity contribution in [3.63, 3.8) is 0 Å². The average molecular weight is 1210 g/mol. The number of rotatable bonds is 74. The maximum Gasteiger partial charge on any atom is 0.305 e. The van der Waals surface area contributed by atoms with Crippen molar-refractivity contribution in [2.24, 2.45) is 0 Å². The predicted octanol–water partition coefficient (Wildman–Crippen LogP) is 25.8. The monoisotopic (exact) mass is 1210 g/mol. The molecule has 0 aliphatic rings. The van der Waals surface area contributed by atoms with Crippen LogP contribution in [0.3, 0.4) is 0 Å². The molecule has 0 aliphatic heterocycles. The first-order valence-electron chi connectivity index (χ1n) is 39.3. The second-order valence-corrected chi connectivity index (χ2v) is 27.0. The van der Waals surface area contributed by atoms with Gasteiger partial charge in [0.1, 0.15) is 0 Å². The first-order chi connectivity index (χ1) is 42.5. The van der Waals surface area contributed by atoms with Crippen LogP contribution in [0.5, 0.6) is 0 Å². The third-order valence-electron chi connectivity index (χ3n) is 18.4. The van der Waals surface area contributed by atoms with Gasteiger partial charge in [0.05, 0.1) is 25.4 Å². The summed E-state index contributed by atoms with van der Waals surface area (Å²) in [5.41, 5.74) is 0. The number of hydrogen-bond donors (Lipinski definition) is 3. The molecule has 508 valence electrons. The number of esters is 1. The molecule has 0 aromatic heterocycles. The van der Waals surface area contributed by atoms with Gasteiger partial charge in [0, 0.05) is 12.8 Å². The summed E-state index contributed by atoms with van der Waals surface area (Å²) in [6.45, 7) is 4.93. The third-order valence-corrected chi connectivity index (χ3v) is 18.4. The van der Waals surface area contributed by atoms with Gasteiger partial charge in [-0.15, -0.1) is 0 Å². The number of carbonyl (C=O) groups is 2. The smallest absolute Gasteiger partial charge is 0.305 e. The van der Waals surface area contributed by atoms with Gasteiger partial charge in [-0.25, -0.2) is 0 Å². The maximum atomic E-state index is 12.6. The van der Waals surface area contributed by atoms with Crippen molar-refractivity contribution in [2.45, 2.75) is 450 Å². The zero-order valence-electron chi connectivity index (χ0n) is 58.3. The fraction of sp³-hybridized carbons (Fsp3) is 0.900. The van der Waals surface area contributed by atoms with Gasteiger partial charge in [0.2, 0.25) is 5.91 Å². The number of amides is 1. The highest BCUT2D eigenvalue weighted by molar-refractivity contribution is 5.76. The van der Waals surface area contributed by atoms with Crippen LogP contribution in [0, 0.1) is 0 Å². The number of ether oxygens (including phenoxy) is 1. The van der Waals surface area contributed by atoms with Gasteiger partial charge < -0.3 is 20.3 Å². The Morgan fingerprint density at radius 2 is 0.581 bits per heavy atom. The summed E-state index contributed by atoms with van der Waals surface area (Å²) in [4.78, 5) is 24.7. The van der Waals surface area contributed by atoms with Gasteiger partial charge in [0.25, 0.3) is 0 Å². The lowest BCUT2D eigenvalue weighted by atomic mass is 10.0. The Kier molecular flexibility index (Phi) is 73.9. The van der Waals surface area contributed by atoms with E-state index in [-0.39, 0.29) is 18.5 Å². The Bertz CT molecular complexity index is 1390. The summed E-state index contributed by atoms with van der Waals surface area (Å²) in [6, 6.07) is -0.628. The zero-order valence-corrected chi connectivity index (χ0v) is 58.3. The molecule has 0 aromatic carbocycles. The molecule has 86 heavy (non-hydrogen) atoms. The van der Waals surface area contributed by atoms with Crippen molar-refractivity contribution in [1.29, 1.82) is 0 Å². The van der Waals surface area contributed by atoms with Crippen molar-refractivity contribution >= 4 is 11.9 Å². The number of unbranched alkanes of at least 4 members (excludes halogenated alkanes) is 59. The Morgan fingerprint density at radius 1 is 0.326 bits per heavy atom. The van der Waals surface area contributed by atoms with Crippen LogP contribution in [0.25, 0.3) is 0 Å². The van der Waals surface area contributed by atoms with Crippen molar-refractivity contribution in [3.8, 4) is 0 Å². The lowest BCUT2D eigenvalue weighted by Crippen LogP contribution is -2.45. The molecule has 2 unspecified atom stereocenters. The largest absolute Gasteiger partial charge is 0.466 e. The molecular weight excluding hydrogens is 1050 g/mol. The van der Waals surface area contributed by atoms with E-state index in [2.05, 4.69) is 43.5 Å². The van der Waals surface area contributed by atoms with Crippen LogP contribution < -0.4 is 5.32 Å². The molecule has 0 heterocycles. The highest BCUT2D eigenvalue weighted by Crippen LogP contribution is 2.20. The SMILES string of the molecule is CCCCCC/C=C\C/C=C\CCCCCCCCCC(=O)OCCCCCCCCCCCCCCCCCCCCCCCCCCCCCC(=O)NC(CO)C(O)/C=C/CCCCCCCCCCCCCCCCCCCCCCCC. The molecule has 0 bridgehead atoms. The van der Waals surface area contributed by atoms with E-state index in [1.165, 1.54) is 360 Å². The number of carbonyl (C=O) groups excluding carboxylic acids is 2. The first-order valence-corrected chi connectivity index (χ1v) is 39.3. The molecule has 1 amide bonds. The van der Waals surface area contributed by atoms with Crippen LogP contribution in [0.4, 0.5) is 0 Å². The number of aliphatic hydroxyl groups excluding tert-OH is 2. The van der Waals surface area contributed by atoms with Gasteiger partial charge in [-0.05, 0) is 64.2 Å². The standard InChI is InChI=1S/C80H153NO5/c1-3-5-7-9-11-13-15-17-19-21-23-24-25-31-34-37-40-44-48-52-56-60-64-68-72-78(83)77(76-82)81-79(84)73-69-65-61-57-53-49-45-41-38-35-32-29-27-26-28-30-33-36-39-43-47-51-55-59-63-67-71-75-86-80(85)74-70-66-62-58-54-50-46-42-22-20-18-16-14-12-10-8-6-4-2/h14,16,20,22,68,72,77-78,82-83H,3-13,15,17-19,21,23-67,69-71,73-76H2,1-2H3,(H,81,84)/b16-14-,22-20-,72-68+. The van der Waals surface area contributed by atoms with E-state index in [0.717, 1.165) is 51.4 Å². The Morgan fingerprint density at radius 3 is 0.895 bits per heavy atom. The Labute approximate surface area is 538 Å². The van der Waals surface area contributed by atoms with Crippen LogP contribution in [-0.4, -0.2) is 47.4 Å². The van der Waals surface area contributed by atoms with Crippen molar-refractivity contribution in [3.05, 3.63) is 36.5 Å². The molecular formula is C80H153NO5. The van der Waals surface area contributed by atoms with Crippen molar-refractivity contribution < 1.29 is 24.5 Å². The zero-order chi connectivity index (χ0) is 62.0. The quantitative estimate of drug-likeness (QED) is 0.0320. The minimum Gasteiger partial charge on any atom is -0.466 e. The molecule has 0 saturated carbocycles. The van der Waals surface area contributed by atoms with Crippen molar-refractivity contribution in [2.75, 3.05) is 13.2 Å². The van der Waals surface area contributed by atoms with E-state index >= 15 is 0 Å². The van der Waals surface area contributed by atoms with Gasteiger partial charge in [-0.3, -0.25) is 9.59 Å². The minimum atomic E-state index is -0.845. The molecule has 0 fully saturated rings. The molecule has 6 heteroatoms. The summed E-state index contributed by atoms with van der Waals surface area (Å²) in [5, 5.41) is 23.3. The number of aliphatic hydroxyl groups is 2. The molecule has 2 atom stereocenters. The summed E-state index contributed by atoms with van der Waals surface area (Å²) >= 11 is 0. The summed E-state index contributed by atoms with van der Waals surface area (Å²) in [5.74, 6) is -0.0492. The third kappa shape index (κ3) is 71.2. The topological polar surface area (TPSA) is 95.9 Å². The van der Waals surface area contributed by atoms with Crippen LogP contribution in [0.15, 0.2) is 36.5 Å². The minimum absolute atomic E-state index is 0.0112. The van der Waals surface area contributed by atoms with E-state index < -0.39 is 12.1 Å².